The summed E-state index contributed by atoms with van der Waals surface area (Å²) in [7, 11) is -0.252. The summed E-state index contributed by atoms with van der Waals surface area (Å²) in [6.45, 7) is 10.8. The van der Waals surface area contributed by atoms with Crippen molar-refractivity contribution in [2.45, 2.75) is 75.4 Å². The topological polar surface area (TPSA) is 50.8 Å². The fraction of sp³-hybridized carbons (Fsp3) is 0.667. The zero-order chi connectivity index (χ0) is 22.8. The predicted octanol–water partition coefficient (Wildman–Crippen LogP) is 4.15. The highest BCUT2D eigenvalue weighted by Crippen LogP contribution is 2.65. The molecule has 0 bridgehead atoms. The molecule has 0 saturated carbocycles. The van der Waals surface area contributed by atoms with Crippen LogP contribution < -0.4 is 10.8 Å². The molecule has 3 aliphatic rings. The number of halogens is 3. The highest BCUT2D eigenvalue weighted by Gasteiger charge is 2.61. The number of alkyl halides is 3. The largest absolute Gasteiger partial charge is 0.495 e. The van der Waals surface area contributed by atoms with Crippen molar-refractivity contribution in [1.82, 2.24) is 4.90 Å². The molecule has 4 rings (SSSR count). The fourth-order valence-corrected chi connectivity index (χ4v) is 6.16. The Balaban J connectivity index is 1.41. The van der Waals surface area contributed by atoms with Crippen LogP contribution in [-0.2, 0) is 9.31 Å². The van der Waals surface area contributed by atoms with Gasteiger partial charge in [-0.15, -0.1) is 0 Å². The van der Waals surface area contributed by atoms with Gasteiger partial charge < -0.3 is 19.5 Å². The number of aryl methyl sites for hydroxylation is 1. The Morgan fingerprint density at radius 2 is 1.90 bits per heavy atom. The maximum Gasteiger partial charge on any atom is 0.495 e. The zero-order valence-corrected chi connectivity index (χ0v) is 19.5. The molecule has 168 valence electrons. The third-order valence-corrected chi connectivity index (χ3v) is 9.23. The molecule has 1 N–H and O–H groups in total. The van der Waals surface area contributed by atoms with E-state index in [1.165, 1.54) is 0 Å². The van der Waals surface area contributed by atoms with E-state index in [1.54, 1.807) is 4.90 Å². The molecule has 3 saturated heterocycles. The Morgan fingerprint density at radius 3 is 2.52 bits per heavy atom. The minimum Gasteiger partial charge on any atom is -0.399 e. The number of nitrogens with zero attached hydrogens (tertiary/aromatic N) is 1. The Hall–Kier alpha value is -1.52. The molecule has 1 aromatic rings. The van der Waals surface area contributed by atoms with Gasteiger partial charge in [0.25, 0.3) is 0 Å². The van der Waals surface area contributed by atoms with Crippen molar-refractivity contribution in [3.05, 3.63) is 23.8 Å². The third kappa shape index (κ3) is 4.39. The summed E-state index contributed by atoms with van der Waals surface area (Å²) >= 11 is 0. The van der Waals surface area contributed by atoms with Gasteiger partial charge in [0.15, 0.2) is 0 Å². The van der Waals surface area contributed by atoms with E-state index < -0.39 is 30.9 Å². The number of carbonyl (C=O) groups excluding carboxylic acids is 1. The lowest BCUT2D eigenvalue weighted by molar-refractivity contribution is -0.134. The quantitative estimate of drug-likeness (QED) is 0.702. The second-order valence-corrected chi connectivity index (χ2v) is 11.9. The number of carbonyl (C=O) groups is 1. The number of rotatable bonds is 3. The van der Waals surface area contributed by atoms with Gasteiger partial charge in [0.1, 0.15) is 0 Å². The molecule has 5 nitrogen and oxygen atoms in total. The van der Waals surface area contributed by atoms with Gasteiger partial charge in [0, 0.05) is 25.2 Å². The van der Waals surface area contributed by atoms with E-state index in [1.807, 2.05) is 52.8 Å². The first-order valence-corrected chi connectivity index (χ1v) is 11.7. The predicted molar refractivity (Wildman–Crippen MR) is 115 cm³/mol. The lowest BCUT2D eigenvalue weighted by Crippen LogP contribution is -2.41. The number of anilines is 1. The SMILES string of the molecule is Cc1ccc(NC(=O)N2CC[C@@]3(C2)[Si][C@@H]3CC(F)(F)F)cc1B1OC(C)(C)C(C)(C)O1. The van der Waals surface area contributed by atoms with Crippen molar-refractivity contribution < 1.29 is 27.3 Å². The summed E-state index contributed by atoms with van der Waals surface area (Å²) in [5, 5.41) is 2.58. The fourth-order valence-electron chi connectivity index (χ4n) is 4.34. The monoisotopic (exact) mass is 452 g/mol. The first-order valence-electron chi connectivity index (χ1n) is 10.6. The van der Waals surface area contributed by atoms with Crippen LogP contribution in [0, 0.1) is 6.92 Å². The van der Waals surface area contributed by atoms with Crippen molar-refractivity contribution in [3.63, 3.8) is 0 Å². The van der Waals surface area contributed by atoms with Gasteiger partial charge in [-0.25, -0.2) is 4.79 Å². The molecule has 1 aromatic carbocycles. The molecule has 3 heterocycles. The third-order valence-electron chi connectivity index (χ3n) is 7.11. The molecular weight excluding hydrogens is 424 g/mol. The number of hydrogen-bond acceptors (Lipinski definition) is 3. The van der Waals surface area contributed by atoms with Crippen molar-refractivity contribution in [2.24, 2.45) is 0 Å². The van der Waals surface area contributed by atoms with Crippen LogP contribution >= 0.6 is 0 Å². The maximum absolute atomic E-state index is 12.8. The van der Waals surface area contributed by atoms with Crippen LogP contribution in [0.25, 0.3) is 0 Å². The average molecular weight is 452 g/mol. The van der Waals surface area contributed by atoms with Crippen LogP contribution in [0.2, 0.25) is 10.6 Å². The zero-order valence-electron chi connectivity index (χ0n) is 18.5. The molecule has 0 unspecified atom stereocenters. The molecule has 2 atom stereocenters. The van der Waals surface area contributed by atoms with E-state index in [2.05, 4.69) is 5.32 Å². The minimum absolute atomic E-state index is 0.275. The van der Waals surface area contributed by atoms with Crippen molar-refractivity contribution in [1.29, 1.82) is 0 Å². The van der Waals surface area contributed by atoms with E-state index in [-0.39, 0.29) is 26.1 Å². The lowest BCUT2D eigenvalue weighted by Gasteiger charge is -2.32. The molecule has 10 heteroatoms. The van der Waals surface area contributed by atoms with Crippen molar-refractivity contribution in [2.75, 3.05) is 18.4 Å². The summed E-state index contributed by atoms with van der Waals surface area (Å²) in [5.74, 6) is 0. The number of benzene rings is 1. The summed E-state index contributed by atoms with van der Waals surface area (Å²) < 4.78 is 50.4. The maximum atomic E-state index is 12.8. The summed E-state index contributed by atoms with van der Waals surface area (Å²) in [6.07, 6.45) is -4.23. The molecule has 31 heavy (non-hydrogen) atoms. The van der Waals surface area contributed by atoms with Gasteiger partial charge >= 0.3 is 19.3 Å². The second-order valence-electron chi connectivity index (χ2n) is 9.93. The lowest BCUT2D eigenvalue weighted by atomic mass is 9.76. The Labute approximate surface area is 184 Å². The molecule has 3 aliphatic heterocycles. The van der Waals surface area contributed by atoms with Crippen LogP contribution in [0.4, 0.5) is 23.7 Å². The smallest absolute Gasteiger partial charge is 0.399 e. The number of hydrogen-bond donors (Lipinski definition) is 1. The first kappa shape index (κ1) is 22.7. The van der Waals surface area contributed by atoms with Crippen LogP contribution in [0.1, 0.15) is 46.1 Å². The van der Waals surface area contributed by atoms with Gasteiger partial charge in [-0.1, -0.05) is 11.6 Å². The van der Waals surface area contributed by atoms with Crippen LogP contribution in [0.15, 0.2) is 18.2 Å². The highest BCUT2D eigenvalue weighted by atomic mass is 28.2. The average Bonchev–Trinajstić information content (AvgIpc) is 2.98. The van der Waals surface area contributed by atoms with E-state index in [9.17, 15) is 18.0 Å². The number of urea groups is 1. The Kier molecular flexibility index (Phi) is 5.30. The molecule has 2 radical (unpaired) electrons. The van der Waals surface area contributed by atoms with Gasteiger partial charge in [0.2, 0.25) is 0 Å². The summed E-state index contributed by atoms with van der Waals surface area (Å²) in [6, 6.07) is 5.30. The first-order chi connectivity index (χ1) is 14.2. The molecule has 3 fully saturated rings. The normalized spacial score (nSPS) is 29.0. The van der Waals surface area contributed by atoms with Gasteiger partial charge in [-0.3, -0.25) is 0 Å². The van der Waals surface area contributed by atoms with Crippen LogP contribution in [0.5, 0.6) is 0 Å². The van der Waals surface area contributed by atoms with Crippen LogP contribution in [-0.4, -0.2) is 58.0 Å². The van der Waals surface area contributed by atoms with Gasteiger partial charge in [-0.05, 0) is 69.2 Å². The molecule has 0 aromatic heterocycles. The molecule has 2 amide bonds. The Bertz CT molecular complexity index is 879. The Morgan fingerprint density at radius 1 is 1.26 bits per heavy atom. The second kappa shape index (κ2) is 7.25. The number of likely N-dealkylation sites (tertiary alicyclic amines) is 1. The summed E-state index contributed by atoms with van der Waals surface area (Å²) in [5.41, 5.74) is 1.19. The van der Waals surface area contributed by atoms with Crippen molar-refractivity contribution >= 4 is 33.8 Å². The van der Waals surface area contributed by atoms with E-state index in [0.717, 1.165) is 11.0 Å². The molecule has 1 spiro atoms. The standard InChI is InChI=1S/C21H28BF3N2O3Si/c1-13-6-7-14(10-15(13)22-29-18(2,3)19(4,5)30-22)26-17(28)27-9-8-20(12-27)16(31-20)11-21(23,24)25/h6-7,10,16H,8-9,11-12H2,1-5H3,(H,26,28)/t16-,20+/m1/s1. The van der Waals surface area contributed by atoms with E-state index in [0.29, 0.717) is 25.2 Å². The van der Waals surface area contributed by atoms with Crippen molar-refractivity contribution in [3.8, 4) is 0 Å². The summed E-state index contributed by atoms with van der Waals surface area (Å²) in [4.78, 5) is 14.4. The minimum atomic E-state index is -4.14. The number of amides is 2. The highest BCUT2D eigenvalue weighted by molar-refractivity contribution is 6.62. The molecular formula is C21H28BF3N2O3Si. The van der Waals surface area contributed by atoms with E-state index in [4.69, 9.17) is 9.31 Å². The molecule has 0 aliphatic carbocycles. The van der Waals surface area contributed by atoms with Gasteiger partial charge in [0.05, 0.1) is 20.7 Å². The van der Waals surface area contributed by atoms with Gasteiger partial charge in [-0.2, -0.15) is 13.2 Å². The van der Waals surface area contributed by atoms with Crippen LogP contribution in [0.3, 0.4) is 0 Å². The van der Waals surface area contributed by atoms with E-state index >= 15 is 0 Å². The number of nitrogens with one attached hydrogen (secondary N) is 1.